The molecule has 1 amide bonds. The third kappa shape index (κ3) is 6.09. The molecular weight excluding hydrogens is 304 g/mol. The van der Waals surface area contributed by atoms with Crippen molar-refractivity contribution in [3.63, 3.8) is 0 Å². The van der Waals surface area contributed by atoms with Crippen LogP contribution in [0.15, 0.2) is 18.2 Å². The van der Waals surface area contributed by atoms with Crippen LogP contribution >= 0.6 is 11.6 Å². The van der Waals surface area contributed by atoms with Crippen LogP contribution in [0.25, 0.3) is 0 Å². The van der Waals surface area contributed by atoms with Gasteiger partial charge in [0.25, 0.3) is 0 Å². The van der Waals surface area contributed by atoms with E-state index < -0.39 is 16.8 Å². The minimum Gasteiger partial charge on any atom is -0.486 e. The highest BCUT2D eigenvalue weighted by Crippen LogP contribution is 2.29. The maximum Gasteiger partial charge on any atom is 0.312 e. The summed E-state index contributed by atoms with van der Waals surface area (Å²) in [5, 5.41) is 21.8. The minimum absolute atomic E-state index is 0.0164. The maximum absolute atomic E-state index is 11.3. The molecule has 0 radical (unpaired) electrons. The Morgan fingerprint density at radius 1 is 1.38 bits per heavy atom. The van der Waals surface area contributed by atoms with Crippen LogP contribution in [0.2, 0.25) is 5.02 Å². The topological polar surface area (TPSA) is 119 Å². The molecule has 2 N–H and O–H groups in total. The van der Waals surface area contributed by atoms with Gasteiger partial charge in [-0.15, -0.1) is 0 Å². The second-order valence-electron chi connectivity index (χ2n) is 3.96. The van der Waals surface area contributed by atoms with Crippen LogP contribution in [0.1, 0.15) is 12.8 Å². The van der Waals surface area contributed by atoms with Crippen molar-refractivity contribution in [1.82, 2.24) is 5.32 Å². The number of carbonyl (C=O) groups is 2. The van der Waals surface area contributed by atoms with Crippen molar-refractivity contribution in [2.45, 2.75) is 12.8 Å². The number of ether oxygens (including phenoxy) is 1. The van der Waals surface area contributed by atoms with Gasteiger partial charge in [-0.25, -0.2) is 0 Å². The third-order valence-corrected chi connectivity index (χ3v) is 2.60. The third-order valence-electron chi connectivity index (χ3n) is 2.37. The molecule has 0 bridgehead atoms. The number of halogens is 1. The molecule has 114 valence electrons. The molecule has 0 heterocycles. The zero-order valence-corrected chi connectivity index (χ0v) is 11.6. The lowest BCUT2D eigenvalue weighted by molar-refractivity contribution is -0.385. The summed E-state index contributed by atoms with van der Waals surface area (Å²) in [5.74, 6) is -1.39. The molecule has 0 atom stereocenters. The number of nitro benzene ring substituents is 1. The van der Waals surface area contributed by atoms with Gasteiger partial charge >= 0.3 is 11.7 Å². The minimum atomic E-state index is -1.01. The van der Waals surface area contributed by atoms with E-state index in [0.717, 1.165) is 6.07 Å². The standard InChI is InChI=1S/C12H13ClN2O6/c13-8-1-2-10(9(7-8)15(19)20)21-6-4-11(16)14-5-3-12(17)18/h1-2,7H,3-6H2,(H,14,16)(H,17,18). The van der Waals surface area contributed by atoms with Crippen molar-refractivity contribution in [1.29, 1.82) is 0 Å². The number of nitrogens with zero attached hydrogens (tertiary/aromatic N) is 1. The molecule has 0 aliphatic carbocycles. The normalized spacial score (nSPS) is 9.95. The first-order chi connectivity index (χ1) is 9.90. The van der Waals surface area contributed by atoms with E-state index in [-0.39, 0.29) is 42.5 Å². The lowest BCUT2D eigenvalue weighted by atomic mass is 10.3. The quantitative estimate of drug-likeness (QED) is 0.555. The number of carboxylic acid groups (broad SMARTS) is 1. The largest absolute Gasteiger partial charge is 0.486 e. The predicted molar refractivity (Wildman–Crippen MR) is 73.5 cm³/mol. The van der Waals surface area contributed by atoms with Crippen molar-refractivity contribution in [2.24, 2.45) is 0 Å². The van der Waals surface area contributed by atoms with Gasteiger partial charge < -0.3 is 15.2 Å². The Morgan fingerprint density at radius 2 is 2.10 bits per heavy atom. The van der Waals surface area contributed by atoms with Gasteiger partial charge in [0, 0.05) is 17.6 Å². The number of carbonyl (C=O) groups excluding carboxylic acids is 1. The first kappa shape index (κ1) is 16.7. The molecular formula is C12H13ClN2O6. The second-order valence-corrected chi connectivity index (χ2v) is 4.40. The van der Waals surface area contributed by atoms with Crippen molar-refractivity contribution < 1.29 is 24.4 Å². The number of nitro groups is 1. The van der Waals surface area contributed by atoms with E-state index in [9.17, 15) is 19.7 Å². The summed E-state index contributed by atoms with van der Waals surface area (Å²) in [4.78, 5) is 31.8. The number of hydrogen-bond acceptors (Lipinski definition) is 5. The number of amides is 1. The van der Waals surface area contributed by atoms with Crippen LogP contribution in [0.4, 0.5) is 5.69 Å². The van der Waals surface area contributed by atoms with Crippen LogP contribution in [-0.4, -0.2) is 35.1 Å². The van der Waals surface area contributed by atoms with Crippen LogP contribution in [0.3, 0.4) is 0 Å². The Morgan fingerprint density at radius 3 is 2.71 bits per heavy atom. The van der Waals surface area contributed by atoms with Crippen molar-refractivity contribution >= 4 is 29.2 Å². The molecule has 1 aromatic carbocycles. The molecule has 1 aromatic rings. The fourth-order valence-electron chi connectivity index (χ4n) is 1.41. The zero-order chi connectivity index (χ0) is 15.8. The SMILES string of the molecule is O=C(O)CCNC(=O)CCOc1ccc(Cl)cc1[N+](=O)[O-]. The van der Waals surface area contributed by atoms with Gasteiger partial charge in [-0.1, -0.05) is 11.6 Å². The number of carboxylic acids is 1. The van der Waals surface area contributed by atoms with Crippen molar-refractivity contribution in [2.75, 3.05) is 13.2 Å². The van der Waals surface area contributed by atoms with Gasteiger partial charge in [0.05, 0.1) is 24.4 Å². The van der Waals surface area contributed by atoms with E-state index in [2.05, 4.69) is 5.32 Å². The summed E-state index contributed by atoms with van der Waals surface area (Å²) in [6.07, 6.45) is -0.214. The average molecular weight is 317 g/mol. The number of nitrogens with one attached hydrogen (secondary N) is 1. The predicted octanol–water partition coefficient (Wildman–Crippen LogP) is 1.61. The van der Waals surface area contributed by atoms with E-state index in [1.807, 2.05) is 0 Å². The van der Waals surface area contributed by atoms with Gasteiger partial charge in [0.1, 0.15) is 0 Å². The number of rotatable bonds is 8. The Kier molecular flexibility index (Phi) is 6.41. The maximum atomic E-state index is 11.3. The smallest absolute Gasteiger partial charge is 0.312 e. The number of hydrogen-bond donors (Lipinski definition) is 2. The zero-order valence-electron chi connectivity index (χ0n) is 10.9. The molecule has 8 nitrogen and oxygen atoms in total. The summed E-state index contributed by atoms with van der Waals surface area (Å²) in [5.41, 5.74) is -0.284. The van der Waals surface area contributed by atoms with E-state index >= 15 is 0 Å². The Labute approximate surface area is 124 Å². The molecule has 0 unspecified atom stereocenters. The lowest BCUT2D eigenvalue weighted by Gasteiger charge is -2.07. The van der Waals surface area contributed by atoms with Crippen LogP contribution in [-0.2, 0) is 9.59 Å². The Hall–Kier alpha value is -2.35. The highest BCUT2D eigenvalue weighted by atomic mass is 35.5. The second kappa shape index (κ2) is 8.05. The Bertz CT molecular complexity index is 549. The van der Waals surface area contributed by atoms with Crippen LogP contribution in [0.5, 0.6) is 5.75 Å². The monoisotopic (exact) mass is 316 g/mol. The van der Waals surface area contributed by atoms with Gasteiger partial charge in [0.15, 0.2) is 5.75 Å². The molecule has 0 aromatic heterocycles. The highest BCUT2D eigenvalue weighted by Gasteiger charge is 2.16. The lowest BCUT2D eigenvalue weighted by Crippen LogP contribution is -2.27. The fraction of sp³-hybridized carbons (Fsp3) is 0.333. The first-order valence-corrected chi connectivity index (χ1v) is 6.33. The summed E-state index contributed by atoms with van der Waals surface area (Å²) < 4.78 is 5.17. The Balaban J connectivity index is 2.44. The molecule has 9 heteroatoms. The van der Waals surface area contributed by atoms with Crippen molar-refractivity contribution in [3.8, 4) is 5.75 Å². The molecule has 0 fully saturated rings. The summed E-state index contributed by atoms with van der Waals surface area (Å²) in [6, 6.07) is 3.95. The summed E-state index contributed by atoms with van der Waals surface area (Å²) in [7, 11) is 0. The summed E-state index contributed by atoms with van der Waals surface area (Å²) in [6.45, 7) is -0.0450. The fourth-order valence-corrected chi connectivity index (χ4v) is 1.57. The summed E-state index contributed by atoms with van der Waals surface area (Å²) >= 11 is 5.66. The molecule has 0 spiro atoms. The number of aliphatic carboxylic acids is 1. The van der Waals surface area contributed by atoms with Gasteiger partial charge in [-0.2, -0.15) is 0 Å². The van der Waals surface area contributed by atoms with E-state index in [0.29, 0.717) is 0 Å². The molecule has 1 rings (SSSR count). The highest BCUT2D eigenvalue weighted by molar-refractivity contribution is 6.30. The molecule has 0 aliphatic heterocycles. The number of benzene rings is 1. The molecule has 0 saturated carbocycles. The van der Waals surface area contributed by atoms with Crippen LogP contribution < -0.4 is 10.1 Å². The van der Waals surface area contributed by atoms with Crippen LogP contribution in [0, 0.1) is 10.1 Å². The first-order valence-electron chi connectivity index (χ1n) is 5.95. The molecule has 0 aliphatic rings. The van der Waals surface area contributed by atoms with E-state index in [4.69, 9.17) is 21.4 Å². The van der Waals surface area contributed by atoms with Crippen molar-refractivity contribution in [3.05, 3.63) is 33.3 Å². The van der Waals surface area contributed by atoms with Gasteiger partial charge in [-0.3, -0.25) is 19.7 Å². The molecule has 0 saturated heterocycles. The van der Waals surface area contributed by atoms with Gasteiger partial charge in [0.2, 0.25) is 5.91 Å². The molecule has 21 heavy (non-hydrogen) atoms. The van der Waals surface area contributed by atoms with E-state index in [1.165, 1.54) is 12.1 Å². The van der Waals surface area contributed by atoms with Gasteiger partial charge in [-0.05, 0) is 12.1 Å². The average Bonchev–Trinajstić information content (AvgIpc) is 2.39. The van der Waals surface area contributed by atoms with E-state index in [1.54, 1.807) is 0 Å².